The van der Waals surface area contributed by atoms with Crippen LogP contribution in [0.2, 0.25) is 0 Å². The molecule has 3 saturated carbocycles. The molecule has 61 heavy (non-hydrogen) atoms. The summed E-state index contributed by atoms with van der Waals surface area (Å²) in [6.45, 7) is 3.50. The molecule has 14 nitrogen and oxygen atoms in total. The highest BCUT2D eigenvalue weighted by molar-refractivity contribution is 7.91. The number of aryl methyl sites for hydroxylation is 2. The fourth-order valence-corrected chi connectivity index (χ4v) is 11.5. The molecule has 0 radical (unpaired) electrons. The number of hydrogen-bond donors (Lipinski definition) is 3. The van der Waals surface area contributed by atoms with Crippen LogP contribution < -0.4 is 19.5 Å². The molecule has 2 aromatic rings. The zero-order chi connectivity index (χ0) is 43.7. The van der Waals surface area contributed by atoms with Gasteiger partial charge >= 0.3 is 12.3 Å². The number of halogens is 3. The second kappa shape index (κ2) is 15.6. The SMILES string of the molecule is Cc1nc2ccc(OCC(F)(F)F)cc2c2c1O[C@@]1(CC2)CN2C(=O)[C@@H](N(C(=O)O)C3CCCC3)CCCCC/C=C\[C@@H]3C[C@@]3(C(=O)NS(=O)(=O)C3(C)CC3)NC(=O)[C@@H]2C1C. The van der Waals surface area contributed by atoms with Crippen molar-refractivity contribution < 1.29 is 55.3 Å². The van der Waals surface area contributed by atoms with Gasteiger partial charge in [-0.15, -0.1) is 0 Å². The maximum atomic E-state index is 15.3. The summed E-state index contributed by atoms with van der Waals surface area (Å²) in [6.07, 6.45) is 5.25. The highest BCUT2D eigenvalue weighted by Gasteiger charge is 2.65. The third kappa shape index (κ3) is 8.01. The van der Waals surface area contributed by atoms with Gasteiger partial charge in [-0.3, -0.25) is 24.0 Å². The molecular weight excluding hydrogens is 820 g/mol. The first-order valence-electron chi connectivity index (χ1n) is 21.5. The number of carbonyl (C=O) groups is 4. The Labute approximate surface area is 353 Å². The van der Waals surface area contributed by atoms with E-state index in [9.17, 15) is 36.3 Å². The van der Waals surface area contributed by atoms with Gasteiger partial charge in [-0.05, 0) is 96.3 Å². The van der Waals surface area contributed by atoms with Gasteiger partial charge in [-0.25, -0.2) is 18.2 Å². The van der Waals surface area contributed by atoms with E-state index in [-0.39, 0.29) is 37.6 Å². The molecule has 4 heterocycles. The van der Waals surface area contributed by atoms with Crippen LogP contribution in [0, 0.1) is 18.8 Å². The van der Waals surface area contributed by atoms with Crippen LogP contribution in [0.25, 0.3) is 10.9 Å². The van der Waals surface area contributed by atoms with E-state index < -0.39 is 86.4 Å². The predicted octanol–water partition coefficient (Wildman–Crippen LogP) is 6.08. The fraction of sp³-hybridized carbons (Fsp3) is 0.651. The van der Waals surface area contributed by atoms with E-state index >= 15 is 9.59 Å². The Balaban J connectivity index is 1.18. The van der Waals surface area contributed by atoms with Crippen molar-refractivity contribution in [2.24, 2.45) is 11.8 Å². The molecule has 3 N–H and O–H groups in total. The molecule has 332 valence electrons. The number of benzene rings is 1. The average molecular weight is 874 g/mol. The van der Waals surface area contributed by atoms with Crippen LogP contribution in [-0.2, 0) is 30.8 Å². The predicted molar refractivity (Wildman–Crippen MR) is 216 cm³/mol. The number of hydrogen-bond acceptors (Lipinski definition) is 9. The van der Waals surface area contributed by atoms with Gasteiger partial charge in [0.2, 0.25) is 21.8 Å². The number of amides is 4. The number of ether oxygens (including phenoxy) is 2. The molecule has 6 aliphatic rings. The number of aromatic nitrogens is 1. The smallest absolute Gasteiger partial charge is 0.422 e. The van der Waals surface area contributed by atoms with E-state index in [2.05, 4.69) is 10.0 Å². The molecule has 0 bridgehead atoms. The van der Waals surface area contributed by atoms with E-state index in [1.165, 1.54) is 21.9 Å². The number of carboxylic acid groups (broad SMARTS) is 1. The van der Waals surface area contributed by atoms with Crippen molar-refractivity contribution in [3.05, 3.63) is 41.6 Å². The summed E-state index contributed by atoms with van der Waals surface area (Å²) in [5.74, 6) is -2.98. The molecule has 6 atom stereocenters. The Morgan fingerprint density at radius 1 is 1.10 bits per heavy atom. The third-order valence-electron chi connectivity index (χ3n) is 14.2. The maximum Gasteiger partial charge on any atom is 0.422 e. The number of alkyl halides is 3. The molecule has 1 saturated heterocycles. The third-order valence-corrected chi connectivity index (χ3v) is 16.4. The summed E-state index contributed by atoms with van der Waals surface area (Å²) in [5, 5.41) is 14.1. The van der Waals surface area contributed by atoms with Gasteiger partial charge in [-0.2, -0.15) is 13.2 Å². The van der Waals surface area contributed by atoms with Gasteiger partial charge in [0.05, 0.1) is 22.5 Å². The molecule has 3 aliphatic heterocycles. The van der Waals surface area contributed by atoms with Gasteiger partial charge in [-0.1, -0.05) is 44.8 Å². The first-order valence-corrected chi connectivity index (χ1v) is 23.0. The second-order valence-electron chi connectivity index (χ2n) is 18.3. The van der Waals surface area contributed by atoms with Crippen LogP contribution in [0.3, 0.4) is 0 Å². The van der Waals surface area contributed by atoms with Gasteiger partial charge < -0.3 is 24.8 Å². The number of fused-ring (bicyclic) bond motifs is 5. The molecule has 1 aromatic carbocycles. The molecule has 3 aliphatic carbocycles. The summed E-state index contributed by atoms with van der Waals surface area (Å²) in [4.78, 5) is 64.9. The normalized spacial score (nSPS) is 30.8. The second-order valence-corrected chi connectivity index (χ2v) is 20.5. The number of nitrogens with one attached hydrogen (secondary N) is 2. The van der Waals surface area contributed by atoms with Crippen molar-refractivity contribution in [1.29, 1.82) is 0 Å². The lowest BCUT2D eigenvalue weighted by molar-refractivity contribution is -0.153. The lowest BCUT2D eigenvalue weighted by Crippen LogP contribution is -2.60. The Kier molecular flexibility index (Phi) is 11.0. The maximum absolute atomic E-state index is 15.3. The molecule has 1 spiro atoms. The first-order chi connectivity index (χ1) is 28.8. The number of rotatable bonds is 7. The van der Waals surface area contributed by atoms with Crippen LogP contribution in [-0.4, -0.2) is 105 Å². The Morgan fingerprint density at radius 3 is 2.51 bits per heavy atom. The minimum absolute atomic E-state index is 0.00175. The average Bonchev–Trinajstić information content (AvgIpc) is 4.01. The summed E-state index contributed by atoms with van der Waals surface area (Å²) in [5.41, 5.74) is -1.13. The molecule has 4 amide bonds. The summed E-state index contributed by atoms with van der Waals surface area (Å²) in [6, 6.07) is 1.76. The van der Waals surface area contributed by atoms with Gasteiger partial charge in [0.1, 0.15) is 34.7 Å². The zero-order valence-corrected chi connectivity index (χ0v) is 35.5. The Bertz CT molecular complexity index is 2260. The van der Waals surface area contributed by atoms with Crippen LogP contribution >= 0.6 is 0 Å². The molecule has 8 rings (SSSR count). The minimum atomic E-state index is -4.54. The van der Waals surface area contributed by atoms with Crippen molar-refractivity contribution in [2.75, 3.05) is 13.2 Å². The quantitative estimate of drug-likeness (QED) is 0.276. The lowest BCUT2D eigenvalue weighted by atomic mass is 9.80. The lowest BCUT2D eigenvalue weighted by Gasteiger charge is -2.39. The van der Waals surface area contributed by atoms with Crippen molar-refractivity contribution >= 4 is 44.7 Å². The van der Waals surface area contributed by atoms with Crippen molar-refractivity contribution in [2.45, 2.75) is 151 Å². The van der Waals surface area contributed by atoms with E-state index in [1.807, 2.05) is 12.2 Å². The summed E-state index contributed by atoms with van der Waals surface area (Å²) < 4.78 is 78.9. The molecule has 4 fully saturated rings. The highest BCUT2D eigenvalue weighted by atomic mass is 32.2. The van der Waals surface area contributed by atoms with Crippen LogP contribution in [0.1, 0.15) is 109 Å². The van der Waals surface area contributed by atoms with Crippen LogP contribution in [0.5, 0.6) is 11.5 Å². The number of sulfonamides is 1. The zero-order valence-electron chi connectivity index (χ0n) is 34.7. The molecule has 1 unspecified atom stereocenters. The molecular formula is C43H54F3N5O9S. The Morgan fingerprint density at radius 2 is 1.82 bits per heavy atom. The standard InChI is InChI=1S/C43H54F3N5O9S/c1-25-34-36(52)48-42(38(54)49-61(57,58)40(3)19-20-40)22-27(42)11-7-5-4-6-8-14-33(51(39(55)56)28-12-9-10-13-28)37(53)50(34)23-41(25)18-17-30-31-21-29(59-24-43(44,45)46)15-16-32(31)47-26(2)35(30)60-41/h7,11,15-16,21,25,27-28,33-34H,4-6,8-10,12-14,17-20,22-24H2,1-3H3,(H,48,52)(H,49,54)(H,55,56)/b11-7-/t25?,27-,33+,34+,41+,42-/m1/s1. The molecule has 1 aromatic heterocycles. The van der Waals surface area contributed by atoms with Crippen LogP contribution in [0.4, 0.5) is 18.0 Å². The van der Waals surface area contributed by atoms with Gasteiger partial charge in [0.25, 0.3) is 5.91 Å². The van der Waals surface area contributed by atoms with Crippen molar-refractivity contribution in [3.8, 4) is 11.5 Å². The van der Waals surface area contributed by atoms with E-state index in [0.717, 1.165) is 19.3 Å². The monoisotopic (exact) mass is 873 g/mol. The number of nitrogens with zero attached hydrogens (tertiary/aromatic N) is 3. The van der Waals surface area contributed by atoms with Crippen molar-refractivity contribution in [1.82, 2.24) is 24.8 Å². The summed E-state index contributed by atoms with van der Waals surface area (Å²) >= 11 is 0. The minimum Gasteiger partial charge on any atom is -0.484 e. The van der Waals surface area contributed by atoms with Crippen molar-refractivity contribution in [3.63, 3.8) is 0 Å². The topological polar surface area (TPSA) is 185 Å². The van der Waals surface area contributed by atoms with E-state index in [4.69, 9.17) is 14.5 Å². The molecule has 18 heteroatoms. The number of carbonyl (C=O) groups excluding carboxylic acids is 3. The summed E-state index contributed by atoms with van der Waals surface area (Å²) in [7, 11) is -4.07. The highest BCUT2D eigenvalue weighted by Crippen LogP contribution is 2.50. The first kappa shape index (κ1) is 43.1. The largest absolute Gasteiger partial charge is 0.484 e. The van der Waals surface area contributed by atoms with Gasteiger partial charge in [0, 0.05) is 28.8 Å². The Hall–Kier alpha value is -4.61. The number of allylic oxidation sites excluding steroid dienone is 1. The van der Waals surface area contributed by atoms with Gasteiger partial charge in [0.15, 0.2) is 6.61 Å². The fourth-order valence-electron chi connectivity index (χ4n) is 10.2. The van der Waals surface area contributed by atoms with E-state index in [1.54, 1.807) is 26.8 Å². The van der Waals surface area contributed by atoms with E-state index in [0.29, 0.717) is 79.3 Å². The number of pyridine rings is 1. The van der Waals surface area contributed by atoms with Crippen LogP contribution in [0.15, 0.2) is 30.4 Å².